The van der Waals surface area contributed by atoms with Gasteiger partial charge in [0.1, 0.15) is 11.4 Å². The first kappa shape index (κ1) is 15.8. The Labute approximate surface area is 144 Å². The number of nitrogens with zero attached hydrogens (tertiary/aromatic N) is 3. The van der Waals surface area contributed by atoms with Crippen LogP contribution in [0.25, 0.3) is 0 Å². The van der Waals surface area contributed by atoms with Gasteiger partial charge in [-0.15, -0.1) is 0 Å². The van der Waals surface area contributed by atoms with E-state index in [1.54, 1.807) is 0 Å². The zero-order valence-electron chi connectivity index (χ0n) is 15.0. The lowest BCUT2D eigenvalue weighted by Crippen LogP contribution is -2.46. The summed E-state index contributed by atoms with van der Waals surface area (Å²) in [6.45, 7) is 9.98. The van der Waals surface area contributed by atoms with Crippen molar-refractivity contribution in [1.82, 2.24) is 9.80 Å². The molecule has 1 spiro atoms. The third kappa shape index (κ3) is 2.31. The minimum absolute atomic E-state index is 0.257. The summed E-state index contributed by atoms with van der Waals surface area (Å²) in [6.07, 6.45) is 2.07. The molecule has 0 aromatic heterocycles. The van der Waals surface area contributed by atoms with Crippen LogP contribution >= 0.6 is 0 Å². The molecule has 2 heterocycles. The molecule has 4 nitrogen and oxygen atoms in total. The van der Waals surface area contributed by atoms with Crippen LogP contribution in [0.5, 0.6) is 0 Å². The standard InChI is InChI=1S/C20H27N3O/c1-4-23-15(3)21-20(19(23)24)10-9-17-12-22(13-18(17)20)11-16-7-5-14(2)6-8-16/h5-8,17-18H,4,9-13H2,1-3H3/t17-,18+,20-/m1/s1. The first-order chi connectivity index (χ1) is 11.5. The highest BCUT2D eigenvalue weighted by Crippen LogP contribution is 2.50. The lowest BCUT2D eigenvalue weighted by Gasteiger charge is -2.28. The van der Waals surface area contributed by atoms with Crippen LogP contribution in [-0.2, 0) is 11.3 Å². The smallest absolute Gasteiger partial charge is 0.256 e. The van der Waals surface area contributed by atoms with Gasteiger partial charge in [0.15, 0.2) is 0 Å². The summed E-state index contributed by atoms with van der Waals surface area (Å²) in [7, 11) is 0. The molecule has 1 aromatic rings. The lowest BCUT2D eigenvalue weighted by molar-refractivity contribution is -0.132. The molecule has 2 fully saturated rings. The number of amidine groups is 1. The molecule has 4 heteroatoms. The van der Waals surface area contributed by atoms with Crippen molar-refractivity contribution in [1.29, 1.82) is 0 Å². The van der Waals surface area contributed by atoms with E-state index < -0.39 is 5.54 Å². The first-order valence-corrected chi connectivity index (χ1v) is 9.20. The van der Waals surface area contributed by atoms with Crippen LogP contribution in [0.1, 0.15) is 37.8 Å². The van der Waals surface area contributed by atoms with E-state index in [0.29, 0.717) is 11.8 Å². The predicted molar refractivity (Wildman–Crippen MR) is 95.9 cm³/mol. The molecule has 0 N–H and O–H groups in total. The molecule has 0 unspecified atom stereocenters. The van der Waals surface area contributed by atoms with Crippen LogP contribution in [0.2, 0.25) is 0 Å². The van der Waals surface area contributed by atoms with E-state index in [0.717, 1.165) is 44.9 Å². The van der Waals surface area contributed by atoms with Crippen LogP contribution in [0.3, 0.4) is 0 Å². The summed E-state index contributed by atoms with van der Waals surface area (Å²) in [5, 5.41) is 0. The van der Waals surface area contributed by atoms with E-state index >= 15 is 0 Å². The maximum atomic E-state index is 13.0. The highest BCUT2D eigenvalue weighted by molar-refractivity contribution is 6.07. The third-order valence-electron chi connectivity index (χ3n) is 6.24. The van der Waals surface area contributed by atoms with Crippen molar-refractivity contribution in [2.45, 2.75) is 45.7 Å². The first-order valence-electron chi connectivity index (χ1n) is 9.20. The maximum Gasteiger partial charge on any atom is 0.256 e. The summed E-state index contributed by atoms with van der Waals surface area (Å²) in [6, 6.07) is 8.81. The van der Waals surface area contributed by atoms with Gasteiger partial charge < -0.3 is 0 Å². The Hall–Kier alpha value is -1.68. The van der Waals surface area contributed by atoms with Gasteiger partial charge in [-0.25, -0.2) is 0 Å². The van der Waals surface area contributed by atoms with Crippen molar-refractivity contribution in [3.8, 4) is 0 Å². The second-order valence-electron chi connectivity index (χ2n) is 7.72. The number of benzene rings is 1. The maximum absolute atomic E-state index is 13.0. The van der Waals surface area contributed by atoms with Crippen LogP contribution in [0, 0.1) is 18.8 Å². The molecule has 4 rings (SSSR count). The fraction of sp³-hybridized carbons (Fsp3) is 0.600. The number of carbonyl (C=O) groups excluding carboxylic acids is 1. The number of rotatable bonds is 3. The molecule has 3 atom stereocenters. The number of fused-ring (bicyclic) bond motifs is 2. The second kappa shape index (κ2) is 5.69. The Bertz CT molecular complexity index is 681. The number of likely N-dealkylation sites (N-methyl/N-ethyl adjacent to an activating group) is 1. The molecule has 0 bridgehead atoms. The third-order valence-corrected chi connectivity index (χ3v) is 6.24. The van der Waals surface area contributed by atoms with Gasteiger partial charge in [0.25, 0.3) is 5.91 Å². The predicted octanol–water partition coefficient (Wildman–Crippen LogP) is 2.86. The Morgan fingerprint density at radius 1 is 1.21 bits per heavy atom. The summed E-state index contributed by atoms with van der Waals surface area (Å²) in [5.41, 5.74) is 2.21. The van der Waals surface area contributed by atoms with E-state index in [-0.39, 0.29) is 5.91 Å². The zero-order valence-corrected chi connectivity index (χ0v) is 15.0. The Morgan fingerprint density at radius 3 is 2.62 bits per heavy atom. The van der Waals surface area contributed by atoms with Gasteiger partial charge in [-0.2, -0.15) is 0 Å². The fourth-order valence-corrected chi connectivity index (χ4v) is 5.02. The van der Waals surface area contributed by atoms with Gasteiger partial charge in [0.05, 0.1) is 0 Å². The van der Waals surface area contributed by atoms with Gasteiger partial charge in [-0.05, 0) is 45.1 Å². The van der Waals surface area contributed by atoms with Gasteiger partial charge in [0.2, 0.25) is 0 Å². The molecular formula is C20H27N3O. The quantitative estimate of drug-likeness (QED) is 0.857. The summed E-state index contributed by atoms with van der Waals surface area (Å²) in [5.74, 6) is 2.18. The number of aliphatic imine (C=N–C) groups is 1. The van der Waals surface area contributed by atoms with E-state index in [1.807, 2.05) is 18.7 Å². The summed E-state index contributed by atoms with van der Waals surface area (Å²) in [4.78, 5) is 22.3. The number of hydrogen-bond donors (Lipinski definition) is 0. The van der Waals surface area contributed by atoms with Crippen molar-refractivity contribution >= 4 is 11.7 Å². The molecule has 1 saturated carbocycles. The molecule has 1 aliphatic carbocycles. The summed E-state index contributed by atoms with van der Waals surface area (Å²) < 4.78 is 0. The average Bonchev–Trinajstić information content (AvgIpc) is 3.17. The van der Waals surface area contributed by atoms with Crippen molar-refractivity contribution < 1.29 is 4.79 Å². The SMILES string of the molecule is CCN1C(=O)[C@]2(CC[C@@H]3CN(Cc4ccc(C)cc4)C[C@@H]32)N=C1C. The number of aryl methyl sites for hydroxylation is 1. The van der Waals surface area contributed by atoms with E-state index in [9.17, 15) is 4.79 Å². The van der Waals surface area contributed by atoms with Crippen molar-refractivity contribution in [2.75, 3.05) is 19.6 Å². The van der Waals surface area contributed by atoms with Gasteiger partial charge in [0, 0.05) is 32.1 Å². The average molecular weight is 325 g/mol. The van der Waals surface area contributed by atoms with Crippen LogP contribution in [0.15, 0.2) is 29.3 Å². The molecule has 2 aliphatic heterocycles. The second-order valence-corrected chi connectivity index (χ2v) is 7.72. The number of amides is 1. The molecule has 1 saturated heterocycles. The topological polar surface area (TPSA) is 35.9 Å². The van der Waals surface area contributed by atoms with Gasteiger partial charge in [-0.3, -0.25) is 19.6 Å². The van der Waals surface area contributed by atoms with E-state index in [4.69, 9.17) is 4.99 Å². The van der Waals surface area contributed by atoms with Crippen LogP contribution in [0.4, 0.5) is 0 Å². The molecule has 24 heavy (non-hydrogen) atoms. The largest absolute Gasteiger partial charge is 0.299 e. The number of likely N-dealkylation sites (tertiary alicyclic amines) is 1. The highest BCUT2D eigenvalue weighted by Gasteiger charge is 2.60. The van der Waals surface area contributed by atoms with E-state index in [1.165, 1.54) is 11.1 Å². The lowest BCUT2D eigenvalue weighted by atomic mass is 9.85. The number of carbonyl (C=O) groups is 1. The molecule has 1 aromatic carbocycles. The van der Waals surface area contributed by atoms with Crippen molar-refractivity contribution in [2.24, 2.45) is 16.8 Å². The molecular weight excluding hydrogens is 298 g/mol. The van der Waals surface area contributed by atoms with Crippen LogP contribution in [-0.4, -0.2) is 46.7 Å². The van der Waals surface area contributed by atoms with Gasteiger partial charge in [-0.1, -0.05) is 29.8 Å². The van der Waals surface area contributed by atoms with E-state index in [2.05, 4.69) is 36.1 Å². The van der Waals surface area contributed by atoms with Gasteiger partial charge >= 0.3 is 0 Å². The fourth-order valence-electron chi connectivity index (χ4n) is 5.02. The minimum atomic E-state index is -0.452. The molecule has 128 valence electrons. The van der Waals surface area contributed by atoms with Crippen LogP contribution < -0.4 is 0 Å². The molecule has 3 aliphatic rings. The Kier molecular flexibility index (Phi) is 3.75. The molecule has 1 amide bonds. The number of hydrogen-bond acceptors (Lipinski definition) is 3. The Balaban J connectivity index is 1.52. The van der Waals surface area contributed by atoms with Crippen molar-refractivity contribution in [3.05, 3.63) is 35.4 Å². The normalized spacial score (nSPS) is 32.7. The zero-order chi connectivity index (χ0) is 16.9. The minimum Gasteiger partial charge on any atom is -0.299 e. The molecule has 0 radical (unpaired) electrons. The van der Waals surface area contributed by atoms with Crippen molar-refractivity contribution in [3.63, 3.8) is 0 Å². The highest BCUT2D eigenvalue weighted by atomic mass is 16.2. The Morgan fingerprint density at radius 2 is 1.96 bits per heavy atom. The monoisotopic (exact) mass is 325 g/mol. The summed E-state index contributed by atoms with van der Waals surface area (Å²) >= 11 is 0.